The Balaban J connectivity index is 1.81. The lowest BCUT2D eigenvalue weighted by molar-refractivity contribution is 0.414. The molecule has 1 aliphatic rings. The van der Waals surface area contributed by atoms with E-state index in [-0.39, 0.29) is 4.08 Å². The van der Waals surface area contributed by atoms with Crippen molar-refractivity contribution < 1.29 is 4.74 Å². The largest absolute Gasteiger partial charge is 0.497 e. The number of rotatable bonds is 8. The molecule has 1 saturated heterocycles. The van der Waals surface area contributed by atoms with E-state index in [2.05, 4.69) is 70.5 Å². The summed E-state index contributed by atoms with van der Waals surface area (Å²) in [6, 6.07) is 8.72. The van der Waals surface area contributed by atoms with Crippen LogP contribution in [-0.2, 0) is 10.6 Å². The second-order valence-electron chi connectivity index (χ2n) is 6.55. The molecule has 0 spiro atoms. The van der Waals surface area contributed by atoms with Crippen molar-refractivity contribution in [2.24, 2.45) is 0 Å². The van der Waals surface area contributed by atoms with Crippen LogP contribution in [-0.4, -0.2) is 27.7 Å². The lowest BCUT2D eigenvalue weighted by Gasteiger charge is -2.41. The zero-order chi connectivity index (χ0) is 17.5. The molecule has 25 heavy (non-hydrogen) atoms. The summed E-state index contributed by atoms with van der Waals surface area (Å²) in [6.07, 6.45) is 12.3. The maximum atomic E-state index is 5.36. The van der Waals surface area contributed by atoms with Crippen molar-refractivity contribution in [2.75, 3.05) is 12.9 Å². The molecule has 0 aliphatic carbocycles. The molecule has 2 atom stereocenters. The van der Waals surface area contributed by atoms with Crippen LogP contribution in [0.3, 0.4) is 0 Å². The number of hydrogen-bond donors (Lipinski definition) is 0. The third-order valence-electron chi connectivity index (χ3n) is 4.80. The van der Waals surface area contributed by atoms with Crippen molar-refractivity contribution in [3.63, 3.8) is 0 Å². The predicted octanol–water partition coefficient (Wildman–Crippen LogP) is 5.56. The van der Waals surface area contributed by atoms with Gasteiger partial charge in [-0.2, -0.15) is 0 Å². The molecule has 3 nitrogen and oxygen atoms in total. The fraction of sp³-hybridized carbons (Fsp3) is 0.550. The van der Waals surface area contributed by atoms with Crippen LogP contribution in [0.5, 0.6) is 5.75 Å². The van der Waals surface area contributed by atoms with Crippen molar-refractivity contribution in [1.82, 2.24) is 9.55 Å². The predicted molar refractivity (Wildman–Crippen MR) is 109 cm³/mol. The number of aryl methyl sites for hydroxylation is 1. The fourth-order valence-corrected chi connectivity index (χ4v) is 7.21. The van der Waals surface area contributed by atoms with Gasteiger partial charge >= 0.3 is 0 Å². The number of nitrogens with zero attached hydrogens (tertiary/aromatic N) is 2. The van der Waals surface area contributed by atoms with E-state index in [1.54, 1.807) is 7.11 Å². The van der Waals surface area contributed by atoms with E-state index in [1.165, 1.54) is 37.0 Å². The summed E-state index contributed by atoms with van der Waals surface area (Å²) in [7, 11) is 1.73. The van der Waals surface area contributed by atoms with Gasteiger partial charge in [0.15, 0.2) is 0 Å². The standard InChI is InChI=1S/C20H28N2OS2/c1-3-4-5-19-10-15-24-20(25-19,11-13-22-14-12-21-16-22)17-6-8-18(23-2)9-7-17/h6-9,12,14,16,19H,3-5,10-11,13,15H2,1-2H3. The summed E-state index contributed by atoms with van der Waals surface area (Å²) in [5.74, 6) is 2.18. The van der Waals surface area contributed by atoms with Gasteiger partial charge in [0.25, 0.3) is 0 Å². The summed E-state index contributed by atoms with van der Waals surface area (Å²) >= 11 is 4.32. The SMILES string of the molecule is CCCCC1CCSC(CCn2ccnc2)(c2ccc(OC)cc2)S1. The highest BCUT2D eigenvalue weighted by atomic mass is 32.2. The topological polar surface area (TPSA) is 27.1 Å². The summed E-state index contributed by atoms with van der Waals surface area (Å²) in [4.78, 5) is 4.19. The van der Waals surface area contributed by atoms with Gasteiger partial charge in [-0.15, -0.1) is 23.5 Å². The van der Waals surface area contributed by atoms with E-state index in [9.17, 15) is 0 Å². The minimum absolute atomic E-state index is 0.132. The third-order valence-corrected chi connectivity index (χ3v) is 8.41. The highest BCUT2D eigenvalue weighted by Crippen LogP contribution is 2.56. The van der Waals surface area contributed by atoms with Gasteiger partial charge in [0, 0.05) is 24.2 Å². The van der Waals surface area contributed by atoms with E-state index < -0.39 is 0 Å². The first-order valence-corrected chi connectivity index (χ1v) is 11.0. The van der Waals surface area contributed by atoms with E-state index in [1.807, 2.05) is 12.5 Å². The van der Waals surface area contributed by atoms with Gasteiger partial charge in [-0.3, -0.25) is 0 Å². The summed E-state index contributed by atoms with van der Waals surface area (Å²) in [6.45, 7) is 3.30. The molecular weight excluding hydrogens is 348 g/mol. The highest BCUT2D eigenvalue weighted by molar-refractivity contribution is 8.18. The summed E-state index contributed by atoms with van der Waals surface area (Å²) < 4.78 is 7.69. The van der Waals surface area contributed by atoms with Gasteiger partial charge in [0.1, 0.15) is 5.75 Å². The monoisotopic (exact) mass is 376 g/mol. The van der Waals surface area contributed by atoms with Gasteiger partial charge in [-0.25, -0.2) is 4.98 Å². The molecule has 5 heteroatoms. The van der Waals surface area contributed by atoms with Crippen molar-refractivity contribution in [1.29, 1.82) is 0 Å². The molecule has 1 aromatic carbocycles. The Bertz CT molecular complexity index is 630. The van der Waals surface area contributed by atoms with Crippen molar-refractivity contribution in [3.05, 3.63) is 48.5 Å². The molecule has 1 aromatic heterocycles. The van der Waals surface area contributed by atoms with Crippen molar-refractivity contribution >= 4 is 23.5 Å². The van der Waals surface area contributed by atoms with Crippen LogP contribution in [0, 0.1) is 0 Å². The zero-order valence-electron chi connectivity index (χ0n) is 15.2. The number of ether oxygens (including phenoxy) is 1. The molecule has 0 radical (unpaired) electrons. The van der Waals surface area contributed by atoms with Gasteiger partial charge in [-0.1, -0.05) is 31.9 Å². The number of hydrogen-bond acceptors (Lipinski definition) is 4. The molecule has 2 unspecified atom stereocenters. The first kappa shape index (κ1) is 18.7. The number of unbranched alkanes of at least 4 members (excludes halogenated alkanes) is 1. The first-order valence-electron chi connectivity index (χ1n) is 9.18. The van der Waals surface area contributed by atoms with E-state index in [0.717, 1.165) is 24.0 Å². The van der Waals surface area contributed by atoms with Crippen LogP contribution < -0.4 is 4.74 Å². The van der Waals surface area contributed by atoms with Gasteiger partial charge in [0.2, 0.25) is 0 Å². The van der Waals surface area contributed by atoms with Gasteiger partial charge in [0.05, 0.1) is 17.5 Å². The Morgan fingerprint density at radius 3 is 2.84 bits per heavy atom. The average molecular weight is 377 g/mol. The molecule has 0 N–H and O–H groups in total. The molecule has 3 rings (SSSR count). The molecule has 0 bridgehead atoms. The normalized spacial score (nSPS) is 23.5. The minimum atomic E-state index is 0.132. The van der Waals surface area contributed by atoms with Gasteiger partial charge < -0.3 is 9.30 Å². The Morgan fingerprint density at radius 2 is 2.16 bits per heavy atom. The Kier molecular flexibility index (Phi) is 6.77. The van der Waals surface area contributed by atoms with Crippen molar-refractivity contribution in [3.8, 4) is 5.75 Å². The zero-order valence-corrected chi connectivity index (χ0v) is 16.8. The molecular formula is C20H28N2OS2. The van der Waals surface area contributed by atoms with E-state index >= 15 is 0 Å². The second-order valence-corrected chi connectivity index (χ2v) is 9.80. The Hall–Kier alpha value is -1.07. The molecule has 2 heterocycles. The maximum absolute atomic E-state index is 5.36. The quantitative estimate of drug-likeness (QED) is 0.602. The number of benzene rings is 1. The minimum Gasteiger partial charge on any atom is -0.497 e. The van der Waals surface area contributed by atoms with E-state index in [4.69, 9.17) is 4.74 Å². The fourth-order valence-electron chi connectivity index (χ4n) is 3.32. The Morgan fingerprint density at radius 1 is 1.32 bits per heavy atom. The van der Waals surface area contributed by atoms with E-state index in [0.29, 0.717) is 0 Å². The van der Waals surface area contributed by atoms with Gasteiger partial charge in [-0.05, 0) is 42.7 Å². The third kappa shape index (κ3) is 4.76. The molecule has 1 fully saturated rings. The molecule has 1 aliphatic heterocycles. The summed E-state index contributed by atoms with van der Waals surface area (Å²) in [5, 5.41) is 0.770. The number of imidazole rings is 1. The van der Waals surface area contributed by atoms with Crippen molar-refractivity contribution in [2.45, 2.75) is 54.9 Å². The number of thioether (sulfide) groups is 2. The smallest absolute Gasteiger partial charge is 0.118 e. The van der Waals surface area contributed by atoms with Crippen LogP contribution in [0.25, 0.3) is 0 Å². The lowest BCUT2D eigenvalue weighted by Crippen LogP contribution is -2.29. The van der Waals surface area contributed by atoms with Crippen LogP contribution >= 0.6 is 23.5 Å². The van der Waals surface area contributed by atoms with Crippen LogP contribution in [0.15, 0.2) is 43.0 Å². The van der Waals surface area contributed by atoms with Crippen LogP contribution in [0.2, 0.25) is 0 Å². The lowest BCUT2D eigenvalue weighted by atomic mass is 10.1. The number of methoxy groups -OCH3 is 1. The highest BCUT2D eigenvalue weighted by Gasteiger charge is 2.39. The number of aromatic nitrogens is 2. The van der Waals surface area contributed by atoms with Crippen LogP contribution in [0.1, 0.15) is 44.6 Å². The molecule has 0 saturated carbocycles. The Labute approximate surface area is 159 Å². The van der Waals surface area contributed by atoms with Crippen LogP contribution in [0.4, 0.5) is 0 Å². The summed E-state index contributed by atoms with van der Waals surface area (Å²) in [5.41, 5.74) is 1.42. The first-order chi connectivity index (χ1) is 12.3. The molecule has 2 aromatic rings. The maximum Gasteiger partial charge on any atom is 0.118 e. The average Bonchev–Trinajstić information content (AvgIpc) is 3.19. The molecule has 0 amide bonds. The molecule has 136 valence electrons. The second kappa shape index (κ2) is 9.04.